The van der Waals surface area contributed by atoms with Gasteiger partial charge in [0.2, 0.25) is 0 Å². The summed E-state index contributed by atoms with van der Waals surface area (Å²) < 4.78 is 0. The molecule has 0 aliphatic heterocycles. The van der Waals surface area contributed by atoms with Crippen LogP contribution in [-0.4, -0.2) is 25.1 Å². The fourth-order valence-corrected chi connectivity index (χ4v) is 3.15. The molecule has 1 unspecified atom stereocenters. The van der Waals surface area contributed by atoms with Crippen LogP contribution in [0.1, 0.15) is 18.9 Å². The third-order valence-electron chi connectivity index (χ3n) is 2.94. The molecule has 96 valence electrons. The molecule has 0 aliphatic rings. The fraction of sp³-hybridized carbons (Fsp3) is 0.538. The van der Waals surface area contributed by atoms with Crippen LogP contribution in [0.4, 0.5) is 5.69 Å². The molecule has 0 bridgehead atoms. The van der Waals surface area contributed by atoms with Crippen LogP contribution in [0.2, 0.25) is 5.02 Å². The van der Waals surface area contributed by atoms with Crippen molar-refractivity contribution in [2.45, 2.75) is 25.3 Å². The van der Waals surface area contributed by atoms with E-state index < -0.39 is 0 Å². The first-order chi connectivity index (χ1) is 8.13. The summed E-state index contributed by atoms with van der Waals surface area (Å²) in [6.45, 7) is 2.22. The summed E-state index contributed by atoms with van der Waals surface area (Å²) in [5.74, 6) is 1.62. The molecule has 0 aromatic heterocycles. The summed E-state index contributed by atoms with van der Waals surface area (Å²) in [6.07, 6.45) is 3.27. The first-order valence-corrected chi connectivity index (χ1v) is 8.00. The Kier molecular flexibility index (Phi) is 6.53. The second-order valence-corrected chi connectivity index (χ2v) is 5.65. The highest BCUT2D eigenvalue weighted by atomic mass is 35.5. The summed E-state index contributed by atoms with van der Waals surface area (Å²) in [7, 11) is 2.13. The van der Waals surface area contributed by atoms with Crippen LogP contribution < -0.4 is 4.90 Å². The van der Waals surface area contributed by atoms with E-state index in [-0.39, 0.29) is 0 Å². The van der Waals surface area contributed by atoms with E-state index in [0.717, 1.165) is 22.8 Å². The maximum atomic E-state index is 5.99. The van der Waals surface area contributed by atoms with Gasteiger partial charge in [0.25, 0.3) is 0 Å². The van der Waals surface area contributed by atoms with Crippen molar-refractivity contribution in [3.05, 3.63) is 28.8 Å². The van der Waals surface area contributed by atoms with Crippen LogP contribution in [0.25, 0.3) is 0 Å². The molecule has 0 N–H and O–H groups in total. The molecule has 1 nitrogen and oxygen atoms in total. The van der Waals surface area contributed by atoms with Crippen LogP contribution in [0.3, 0.4) is 0 Å². The Hall–Kier alpha value is -0.0500. The van der Waals surface area contributed by atoms with E-state index in [9.17, 15) is 0 Å². The Morgan fingerprint density at radius 2 is 2.12 bits per heavy atom. The second kappa shape index (κ2) is 7.40. The second-order valence-electron chi connectivity index (χ2n) is 4.03. The number of thioether (sulfide) groups is 1. The molecule has 4 heteroatoms. The van der Waals surface area contributed by atoms with Gasteiger partial charge in [-0.3, -0.25) is 0 Å². The van der Waals surface area contributed by atoms with Gasteiger partial charge in [0.15, 0.2) is 0 Å². The minimum Gasteiger partial charge on any atom is -0.371 e. The number of rotatable bonds is 6. The van der Waals surface area contributed by atoms with Crippen molar-refractivity contribution in [3.63, 3.8) is 0 Å². The molecule has 1 atom stereocenters. The highest BCUT2D eigenvalue weighted by molar-refractivity contribution is 7.98. The van der Waals surface area contributed by atoms with E-state index in [1.807, 2.05) is 23.9 Å². The predicted octanol–water partition coefficient (Wildman–Crippen LogP) is 4.66. The molecule has 1 aromatic carbocycles. The quantitative estimate of drug-likeness (QED) is 0.702. The highest BCUT2D eigenvalue weighted by Gasteiger charge is 2.15. The third-order valence-corrected chi connectivity index (χ3v) is 4.18. The average Bonchev–Trinajstić information content (AvgIpc) is 2.34. The molecule has 0 radical (unpaired) electrons. The lowest BCUT2D eigenvalue weighted by Crippen LogP contribution is -2.33. The maximum Gasteiger partial charge on any atom is 0.0495 e. The number of nitrogens with zero attached hydrogens (tertiary/aromatic N) is 1. The molecular formula is C13H19Cl2NS. The lowest BCUT2D eigenvalue weighted by atomic mass is 10.1. The zero-order valence-corrected chi connectivity index (χ0v) is 12.9. The molecule has 0 saturated heterocycles. The van der Waals surface area contributed by atoms with E-state index in [1.165, 1.54) is 5.69 Å². The van der Waals surface area contributed by atoms with Crippen LogP contribution in [-0.2, 0) is 5.88 Å². The van der Waals surface area contributed by atoms with Gasteiger partial charge in [-0.15, -0.1) is 11.6 Å². The molecule has 0 saturated carbocycles. The normalized spacial score (nSPS) is 12.5. The van der Waals surface area contributed by atoms with Crippen molar-refractivity contribution >= 4 is 40.7 Å². The van der Waals surface area contributed by atoms with Crippen molar-refractivity contribution < 1.29 is 0 Å². The first-order valence-electron chi connectivity index (χ1n) is 5.70. The number of halogens is 2. The SMILES string of the molecule is CCC(CSC)N(C)c1ccc(Cl)cc1CCl. The number of hydrogen-bond donors (Lipinski definition) is 0. The number of hydrogen-bond acceptors (Lipinski definition) is 2. The van der Waals surface area contributed by atoms with E-state index in [0.29, 0.717) is 11.9 Å². The van der Waals surface area contributed by atoms with E-state index in [1.54, 1.807) is 0 Å². The molecular weight excluding hydrogens is 273 g/mol. The lowest BCUT2D eigenvalue weighted by Gasteiger charge is -2.30. The van der Waals surface area contributed by atoms with Gasteiger partial charge in [-0.05, 0) is 36.4 Å². The molecule has 1 rings (SSSR count). The summed E-state index contributed by atoms with van der Waals surface area (Å²) in [4.78, 5) is 2.31. The molecule has 0 amide bonds. The van der Waals surface area contributed by atoms with Gasteiger partial charge in [-0.2, -0.15) is 11.8 Å². The van der Waals surface area contributed by atoms with Crippen molar-refractivity contribution in [1.82, 2.24) is 0 Å². The third kappa shape index (κ3) is 3.97. The van der Waals surface area contributed by atoms with Gasteiger partial charge in [-0.25, -0.2) is 0 Å². The number of alkyl halides is 1. The average molecular weight is 292 g/mol. The van der Waals surface area contributed by atoms with Gasteiger partial charge in [0.1, 0.15) is 0 Å². The van der Waals surface area contributed by atoms with E-state index >= 15 is 0 Å². The summed E-state index contributed by atoms with van der Waals surface area (Å²) in [5, 5.41) is 0.746. The topological polar surface area (TPSA) is 3.24 Å². The van der Waals surface area contributed by atoms with Crippen molar-refractivity contribution in [1.29, 1.82) is 0 Å². The van der Waals surface area contributed by atoms with Crippen molar-refractivity contribution in [2.24, 2.45) is 0 Å². The molecule has 0 heterocycles. The lowest BCUT2D eigenvalue weighted by molar-refractivity contribution is 0.671. The Morgan fingerprint density at radius 3 is 2.65 bits per heavy atom. The van der Waals surface area contributed by atoms with E-state index in [2.05, 4.69) is 31.2 Å². The van der Waals surface area contributed by atoms with E-state index in [4.69, 9.17) is 23.2 Å². The zero-order chi connectivity index (χ0) is 12.8. The monoisotopic (exact) mass is 291 g/mol. The van der Waals surface area contributed by atoms with Crippen molar-refractivity contribution in [3.8, 4) is 0 Å². The largest absolute Gasteiger partial charge is 0.371 e. The van der Waals surface area contributed by atoms with Gasteiger partial charge in [0, 0.05) is 35.4 Å². The fourth-order valence-electron chi connectivity index (χ4n) is 1.90. The van der Waals surface area contributed by atoms with Crippen LogP contribution >= 0.6 is 35.0 Å². The van der Waals surface area contributed by atoms with Crippen LogP contribution in [0, 0.1) is 0 Å². The Morgan fingerprint density at radius 1 is 1.41 bits per heavy atom. The number of anilines is 1. The Balaban J connectivity index is 2.97. The minimum atomic E-state index is 0.496. The van der Waals surface area contributed by atoms with Crippen LogP contribution in [0.5, 0.6) is 0 Å². The predicted molar refractivity (Wildman–Crippen MR) is 81.9 cm³/mol. The summed E-state index contributed by atoms with van der Waals surface area (Å²) in [6, 6.07) is 6.47. The summed E-state index contributed by atoms with van der Waals surface area (Å²) in [5.41, 5.74) is 2.28. The zero-order valence-electron chi connectivity index (χ0n) is 10.5. The highest BCUT2D eigenvalue weighted by Crippen LogP contribution is 2.27. The molecule has 17 heavy (non-hydrogen) atoms. The molecule has 1 aromatic rings. The summed E-state index contributed by atoms with van der Waals surface area (Å²) >= 11 is 13.8. The van der Waals surface area contributed by atoms with Gasteiger partial charge in [0.05, 0.1) is 0 Å². The smallest absolute Gasteiger partial charge is 0.0495 e. The van der Waals surface area contributed by atoms with Gasteiger partial charge >= 0.3 is 0 Å². The van der Waals surface area contributed by atoms with Crippen molar-refractivity contribution in [2.75, 3.05) is 24.0 Å². The molecule has 0 fully saturated rings. The first kappa shape index (κ1) is 15.0. The standard InChI is InChI=1S/C13H19Cl2NS/c1-4-12(9-17-3)16(2)13-6-5-11(15)7-10(13)8-14/h5-7,12H,4,8-9H2,1-3H3. The van der Waals surface area contributed by atoms with Gasteiger partial charge < -0.3 is 4.90 Å². The maximum absolute atomic E-state index is 5.99. The minimum absolute atomic E-state index is 0.496. The molecule has 0 spiro atoms. The number of benzene rings is 1. The Labute approximate surface area is 118 Å². The molecule has 0 aliphatic carbocycles. The van der Waals surface area contributed by atoms with Crippen LogP contribution in [0.15, 0.2) is 18.2 Å². The van der Waals surface area contributed by atoms with Gasteiger partial charge in [-0.1, -0.05) is 18.5 Å². The Bertz CT molecular complexity index is 357.